The highest BCUT2D eigenvalue weighted by molar-refractivity contribution is 4.85. The number of hydrogen-bond donors (Lipinski definition) is 1. The van der Waals surface area contributed by atoms with Crippen molar-refractivity contribution in [2.75, 3.05) is 7.05 Å². The van der Waals surface area contributed by atoms with Crippen LogP contribution >= 0.6 is 0 Å². The van der Waals surface area contributed by atoms with E-state index in [0.717, 1.165) is 18.8 Å². The molecule has 1 aromatic heterocycles. The van der Waals surface area contributed by atoms with Gasteiger partial charge in [-0.3, -0.25) is 0 Å². The Morgan fingerprint density at radius 3 is 3.00 bits per heavy atom. The van der Waals surface area contributed by atoms with Gasteiger partial charge in [0.05, 0.1) is 12.6 Å². The molecular weight excluding hydrogens is 152 g/mol. The van der Waals surface area contributed by atoms with Gasteiger partial charge in [-0.15, -0.1) is 0 Å². The Balaban J connectivity index is 2.76. The third-order valence-electron chi connectivity index (χ3n) is 1.99. The summed E-state index contributed by atoms with van der Waals surface area (Å²) < 4.78 is 1.97. The van der Waals surface area contributed by atoms with Crippen molar-refractivity contribution in [1.82, 2.24) is 20.1 Å². The molecule has 1 atom stereocenters. The fraction of sp³-hybridized carbons (Fsp3) is 0.750. The van der Waals surface area contributed by atoms with Crippen LogP contribution in [-0.2, 0) is 6.54 Å². The minimum absolute atomic E-state index is 0.441. The molecule has 1 unspecified atom stereocenters. The Morgan fingerprint density at radius 2 is 2.42 bits per heavy atom. The lowest BCUT2D eigenvalue weighted by Crippen LogP contribution is -2.15. The first-order valence-electron chi connectivity index (χ1n) is 4.32. The summed E-state index contributed by atoms with van der Waals surface area (Å²) in [5.41, 5.74) is 0. The Hall–Kier alpha value is -0.900. The van der Waals surface area contributed by atoms with Gasteiger partial charge in [0.1, 0.15) is 12.2 Å². The molecule has 0 radical (unpaired) electrons. The summed E-state index contributed by atoms with van der Waals surface area (Å²) in [5.74, 6) is 1.01. The second-order valence-electron chi connectivity index (χ2n) is 2.91. The molecule has 1 heterocycles. The molecule has 0 aliphatic carbocycles. The fourth-order valence-corrected chi connectivity index (χ4v) is 1.10. The molecule has 1 N–H and O–H groups in total. The van der Waals surface area contributed by atoms with Crippen molar-refractivity contribution in [1.29, 1.82) is 0 Å². The van der Waals surface area contributed by atoms with E-state index in [1.165, 1.54) is 0 Å². The van der Waals surface area contributed by atoms with Crippen LogP contribution in [0.15, 0.2) is 6.33 Å². The van der Waals surface area contributed by atoms with Gasteiger partial charge in [0, 0.05) is 0 Å². The van der Waals surface area contributed by atoms with Crippen LogP contribution in [0, 0.1) is 0 Å². The van der Waals surface area contributed by atoms with Crippen molar-refractivity contribution in [3.8, 4) is 0 Å². The van der Waals surface area contributed by atoms with E-state index in [-0.39, 0.29) is 0 Å². The predicted molar refractivity (Wildman–Crippen MR) is 47.8 cm³/mol. The summed E-state index contributed by atoms with van der Waals surface area (Å²) in [6, 6.07) is 0.441. The van der Waals surface area contributed by atoms with Crippen LogP contribution in [0.3, 0.4) is 0 Å². The first-order valence-corrected chi connectivity index (χ1v) is 4.32. The van der Waals surface area contributed by atoms with E-state index in [9.17, 15) is 0 Å². The van der Waals surface area contributed by atoms with Gasteiger partial charge >= 0.3 is 0 Å². The van der Waals surface area contributed by atoms with Gasteiger partial charge in [0.2, 0.25) is 0 Å². The Morgan fingerprint density at radius 1 is 1.67 bits per heavy atom. The first-order chi connectivity index (χ1) is 5.79. The molecule has 0 aliphatic rings. The van der Waals surface area contributed by atoms with E-state index in [4.69, 9.17) is 0 Å². The highest BCUT2D eigenvalue weighted by Crippen LogP contribution is 2.09. The van der Waals surface area contributed by atoms with Crippen molar-refractivity contribution in [2.45, 2.75) is 32.9 Å². The summed E-state index contributed by atoms with van der Waals surface area (Å²) in [6.45, 7) is 5.08. The molecule has 0 spiro atoms. The molecule has 0 aromatic carbocycles. The zero-order valence-corrected chi connectivity index (χ0v) is 7.91. The highest BCUT2D eigenvalue weighted by Gasteiger charge is 2.07. The maximum absolute atomic E-state index is 4.17. The largest absolute Gasteiger partial charge is 0.313 e. The molecule has 0 saturated heterocycles. The van der Waals surface area contributed by atoms with Crippen LogP contribution in [0.2, 0.25) is 0 Å². The van der Waals surface area contributed by atoms with Crippen LogP contribution in [-0.4, -0.2) is 21.8 Å². The molecule has 0 fully saturated rings. The maximum Gasteiger partial charge on any atom is 0.141 e. The first kappa shape index (κ1) is 9.19. The van der Waals surface area contributed by atoms with E-state index in [2.05, 4.69) is 29.2 Å². The zero-order chi connectivity index (χ0) is 8.97. The lowest BCUT2D eigenvalue weighted by atomic mass is 10.3. The molecule has 68 valence electrons. The predicted octanol–water partition coefficient (Wildman–Crippen LogP) is 0.968. The van der Waals surface area contributed by atoms with Gasteiger partial charge in [-0.05, 0) is 20.4 Å². The molecule has 0 bridgehead atoms. The van der Waals surface area contributed by atoms with E-state index < -0.39 is 0 Å². The number of rotatable bonds is 4. The van der Waals surface area contributed by atoms with Crippen LogP contribution in [0.25, 0.3) is 0 Å². The summed E-state index contributed by atoms with van der Waals surface area (Å²) in [6.07, 6.45) is 2.69. The quantitative estimate of drug-likeness (QED) is 0.728. The monoisotopic (exact) mass is 168 g/mol. The van der Waals surface area contributed by atoms with Crippen LogP contribution in [0.1, 0.15) is 32.1 Å². The summed E-state index contributed by atoms with van der Waals surface area (Å²) in [4.78, 5) is 4.16. The van der Waals surface area contributed by atoms with Crippen LogP contribution < -0.4 is 5.32 Å². The Bertz CT molecular complexity index is 231. The molecule has 0 saturated carbocycles. The summed E-state index contributed by atoms with van der Waals surface area (Å²) >= 11 is 0. The molecular formula is C8H16N4. The molecule has 4 heteroatoms. The van der Waals surface area contributed by atoms with Gasteiger partial charge in [0.25, 0.3) is 0 Å². The van der Waals surface area contributed by atoms with Crippen LogP contribution in [0.5, 0.6) is 0 Å². The zero-order valence-electron chi connectivity index (χ0n) is 7.91. The van der Waals surface area contributed by atoms with Crippen molar-refractivity contribution in [3.05, 3.63) is 12.2 Å². The normalized spacial score (nSPS) is 13.2. The van der Waals surface area contributed by atoms with Crippen molar-refractivity contribution in [3.63, 3.8) is 0 Å². The third kappa shape index (κ3) is 1.82. The minimum atomic E-state index is 0.441. The van der Waals surface area contributed by atoms with Gasteiger partial charge in [-0.1, -0.05) is 6.92 Å². The van der Waals surface area contributed by atoms with Gasteiger partial charge in [-0.25, -0.2) is 9.67 Å². The Labute approximate surface area is 73.0 Å². The SMILES string of the molecule is CCC(C)n1ncnc1CNC. The van der Waals surface area contributed by atoms with Gasteiger partial charge < -0.3 is 5.32 Å². The average molecular weight is 168 g/mol. The number of nitrogens with one attached hydrogen (secondary N) is 1. The third-order valence-corrected chi connectivity index (χ3v) is 1.99. The highest BCUT2D eigenvalue weighted by atomic mass is 15.4. The average Bonchev–Trinajstić information content (AvgIpc) is 2.52. The molecule has 1 rings (SSSR count). The molecule has 4 nitrogen and oxygen atoms in total. The van der Waals surface area contributed by atoms with Crippen molar-refractivity contribution < 1.29 is 0 Å². The number of aromatic nitrogens is 3. The lowest BCUT2D eigenvalue weighted by molar-refractivity contribution is 0.452. The fourth-order valence-electron chi connectivity index (χ4n) is 1.10. The summed E-state index contributed by atoms with van der Waals surface area (Å²) in [5, 5.41) is 7.24. The van der Waals surface area contributed by atoms with Crippen molar-refractivity contribution in [2.24, 2.45) is 0 Å². The maximum atomic E-state index is 4.17. The minimum Gasteiger partial charge on any atom is -0.313 e. The molecule has 1 aromatic rings. The van der Waals surface area contributed by atoms with Gasteiger partial charge in [-0.2, -0.15) is 5.10 Å². The smallest absolute Gasteiger partial charge is 0.141 e. The van der Waals surface area contributed by atoms with E-state index >= 15 is 0 Å². The van der Waals surface area contributed by atoms with Gasteiger partial charge in [0.15, 0.2) is 0 Å². The number of nitrogens with zero attached hydrogens (tertiary/aromatic N) is 3. The van der Waals surface area contributed by atoms with Crippen molar-refractivity contribution >= 4 is 0 Å². The second-order valence-corrected chi connectivity index (χ2v) is 2.91. The standard InChI is InChI=1S/C8H16N4/c1-4-7(2)12-8(5-9-3)10-6-11-12/h6-7,9H,4-5H2,1-3H3. The number of hydrogen-bond acceptors (Lipinski definition) is 3. The van der Waals surface area contributed by atoms with E-state index in [0.29, 0.717) is 6.04 Å². The summed E-state index contributed by atoms with van der Waals surface area (Å²) in [7, 11) is 1.91. The second kappa shape index (κ2) is 4.21. The topological polar surface area (TPSA) is 42.7 Å². The van der Waals surface area contributed by atoms with Crippen LogP contribution in [0.4, 0.5) is 0 Å². The van der Waals surface area contributed by atoms with E-state index in [1.54, 1.807) is 6.33 Å². The molecule has 0 aliphatic heterocycles. The molecule has 0 amide bonds. The molecule has 12 heavy (non-hydrogen) atoms. The lowest BCUT2D eigenvalue weighted by Gasteiger charge is -2.11. The van der Waals surface area contributed by atoms with E-state index in [1.807, 2.05) is 11.7 Å². The Kier molecular flexibility index (Phi) is 3.22.